The highest BCUT2D eigenvalue weighted by Crippen LogP contribution is 2.54. The molecule has 0 unspecified atom stereocenters. The van der Waals surface area contributed by atoms with Crippen LogP contribution in [0, 0.1) is 0 Å². The van der Waals surface area contributed by atoms with Gasteiger partial charge in [-0.1, -0.05) is 24.3 Å². The van der Waals surface area contributed by atoms with Crippen molar-refractivity contribution in [2.24, 2.45) is 0 Å². The number of rotatable bonds is 4. The molecule has 5 aromatic rings. The lowest BCUT2D eigenvalue weighted by Crippen LogP contribution is -1.79. The zero-order valence-electron chi connectivity index (χ0n) is 13.0. The normalized spacial score (nSPS) is 11.2. The van der Waals surface area contributed by atoms with Crippen LogP contribution in [0.15, 0.2) is 70.1 Å². The van der Waals surface area contributed by atoms with Crippen LogP contribution in [0.1, 0.15) is 0 Å². The molecule has 0 atom stereocenters. The van der Waals surface area contributed by atoms with Gasteiger partial charge in [-0.15, -0.1) is 56.7 Å². The van der Waals surface area contributed by atoms with Crippen molar-refractivity contribution in [2.75, 3.05) is 0 Å². The van der Waals surface area contributed by atoms with E-state index in [2.05, 4.69) is 70.1 Å². The highest BCUT2D eigenvalue weighted by molar-refractivity contribution is 7.27. The smallest absolute Gasteiger partial charge is 0.0542 e. The van der Waals surface area contributed by atoms with Crippen LogP contribution < -0.4 is 0 Å². The molecule has 0 saturated heterocycles. The minimum absolute atomic E-state index is 1.35. The van der Waals surface area contributed by atoms with Gasteiger partial charge in [-0.05, 0) is 45.8 Å². The van der Waals surface area contributed by atoms with E-state index in [1.165, 1.54) is 40.4 Å². The number of thiophene rings is 5. The third-order valence-corrected chi connectivity index (χ3v) is 9.00. The summed E-state index contributed by atoms with van der Waals surface area (Å²) >= 11 is 9.24. The summed E-state index contributed by atoms with van der Waals surface area (Å²) in [6.07, 6.45) is 0. The van der Waals surface area contributed by atoms with Crippen molar-refractivity contribution in [2.45, 2.75) is 0 Å². The lowest BCUT2D eigenvalue weighted by molar-refractivity contribution is 1.82. The molecule has 0 nitrogen and oxygen atoms in total. The molecule has 5 heteroatoms. The van der Waals surface area contributed by atoms with Crippen molar-refractivity contribution in [1.29, 1.82) is 0 Å². The molecule has 0 N–H and O–H groups in total. The Bertz CT molecular complexity index is 973. The SMILES string of the molecule is c1csc(-c2sc(-c3cccs3)c(-c3cccs3)c2-c2cccs2)c1. The fraction of sp³-hybridized carbons (Fsp3) is 0. The van der Waals surface area contributed by atoms with Crippen LogP contribution in [0.25, 0.3) is 40.4 Å². The first-order chi connectivity index (χ1) is 12.4. The fourth-order valence-corrected chi connectivity index (χ4v) is 7.65. The van der Waals surface area contributed by atoms with Crippen LogP contribution in [0.5, 0.6) is 0 Å². The molecule has 5 aromatic heterocycles. The van der Waals surface area contributed by atoms with Crippen molar-refractivity contribution < 1.29 is 0 Å². The first-order valence-electron chi connectivity index (χ1n) is 7.74. The Morgan fingerprint density at radius 3 is 1.12 bits per heavy atom. The third-order valence-electron chi connectivity index (χ3n) is 3.93. The maximum atomic E-state index is 2.25. The molecule has 0 aliphatic carbocycles. The second kappa shape index (κ2) is 6.67. The van der Waals surface area contributed by atoms with E-state index in [-0.39, 0.29) is 0 Å². The van der Waals surface area contributed by atoms with E-state index in [0.717, 1.165) is 0 Å². The van der Waals surface area contributed by atoms with E-state index in [9.17, 15) is 0 Å². The minimum Gasteiger partial charge on any atom is -0.144 e. The van der Waals surface area contributed by atoms with Gasteiger partial charge < -0.3 is 0 Å². The van der Waals surface area contributed by atoms with Gasteiger partial charge in [0.25, 0.3) is 0 Å². The van der Waals surface area contributed by atoms with Crippen LogP contribution in [-0.2, 0) is 0 Å². The lowest BCUT2D eigenvalue weighted by Gasteiger charge is -2.05. The second-order valence-corrected chi connectivity index (χ2v) is 10.2. The van der Waals surface area contributed by atoms with Gasteiger partial charge >= 0.3 is 0 Å². The third kappa shape index (κ3) is 2.76. The van der Waals surface area contributed by atoms with E-state index >= 15 is 0 Å². The highest BCUT2D eigenvalue weighted by atomic mass is 32.1. The van der Waals surface area contributed by atoms with Crippen LogP contribution in [-0.4, -0.2) is 0 Å². The van der Waals surface area contributed by atoms with Gasteiger partial charge in [-0.3, -0.25) is 0 Å². The topological polar surface area (TPSA) is 0 Å². The average molecular weight is 413 g/mol. The molecule has 0 aliphatic rings. The summed E-state index contributed by atoms with van der Waals surface area (Å²) in [5, 5.41) is 8.69. The number of hydrogen-bond acceptors (Lipinski definition) is 5. The molecule has 0 amide bonds. The molecule has 0 bridgehead atoms. The van der Waals surface area contributed by atoms with Crippen LogP contribution in [0.2, 0.25) is 0 Å². The maximum absolute atomic E-state index is 2.25. The highest BCUT2D eigenvalue weighted by Gasteiger charge is 2.24. The summed E-state index contributed by atoms with van der Waals surface area (Å²) in [5.41, 5.74) is 2.79. The standard InChI is InChI=1S/C20H12S5/c1-5-13(21-9-1)17-18(14-6-2-10-22-14)20(16-8-4-12-24-16)25-19(17)15-7-3-11-23-15/h1-12H. The second-order valence-electron chi connectivity index (χ2n) is 5.42. The summed E-state index contributed by atoms with van der Waals surface area (Å²) < 4.78 is 0. The molecular formula is C20H12S5. The summed E-state index contributed by atoms with van der Waals surface area (Å²) in [7, 11) is 0. The molecule has 122 valence electrons. The van der Waals surface area contributed by atoms with Crippen molar-refractivity contribution in [3.8, 4) is 40.4 Å². The Balaban J connectivity index is 1.88. The molecule has 5 heterocycles. The largest absolute Gasteiger partial charge is 0.144 e. The molecular weight excluding hydrogens is 401 g/mol. The maximum Gasteiger partial charge on any atom is 0.0542 e. The van der Waals surface area contributed by atoms with Gasteiger partial charge in [0.1, 0.15) is 0 Å². The minimum atomic E-state index is 1.35. The van der Waals surface area contributed by atoms with Crippen molar-refractivity contribution in [3.05, 3.63) is 70.1 Å². The van der Waals surface area contributed by atoms with E-state index in [1.54, 1.807) is 0 Å². The zero-order chi connectivity index (χ0) is 16.6. The van der Waals surface area contributed by atoms with Crippen molar-refractivity contribution in [3.63, 3.8) is 0 Å². The Morgan fingerprint density at radius 2 is 0.800 bits per heavy atom. The lowest BCUT2D eigenvalue weighted by atomic mass is 10.0. The monoisotopic (exact) mass is 412 g/mol. The average Bonchev–Trinajstić information content (AvgIpc) is 3.48. The fourth-order valence-electron chi connectivity index (χ4n) is 2.91. The first kappa shape index (κ1) is 15.7. The first-order valence-corrected chi connectivity index (χ1v) is 12.1. The quantitative estimate of drug-likeness (QED) is 0.277. The summed E-state index contributed by atoms with van der Waals surface area (Å²) in [5.74, 6) is 0. The van der Waals surface area contributed by atoms with Crippen LogP contribution in [0.4, 0.5) is 0 Å². The number of hydrogen-bond donors (Lipinski definition) is 0. The van der Waals surface area contributed by atoms with E-state index in [0.29, 0.717) is 0 Å². The van der Waals surface area contributed by atoms with Gasteiger partial charge in [-0.2, -0.15) is 0 Å². The summed E-state index contributed by atoms with van der Waals surface area (Å²) in [6, 6.07) is 17.6. The Kier molecular flexibility index (Phi) is 4.19. The van der Waals surface area contributed by atoms with Crippen molar-refractivity contribution in [1.82, 2.24) is 0 Å². The predicted molar refractivity (Wildman–Crippen MR) is 118 cm³/mol. The van der Waals surface area contributed by atoms with Gasteiger partial charge in [-0.25, -0.2) is 0 Å². The van der Waals surface area contributed by atoms with Gasteiger partial charge in [0, 0.05) is 30.6 Å². The Morgan fingerprint density at radius 1 is 0.440 bits per heavy atom. The molecule has 0 spiro atoms. The van der Waals surface area contributed by atoms with E-state index in [4.69, 9.17) is 0 Å². The van der Waals surface area contributed by atoms with E-state index < -0.39 is 0 Å². The van der Waals surface area contributed by atoms with Gasteiger partial charge in [0.2, 0.25) is 0 Å². The van der Waals surface area contributed by atoms with Crippen LogP contribution in [0.3, 0.4) is 0 Å². The molecule has 5 rings (SSSR count). The molecule has 0 saturated carbocycles. The predicted octanol–water partition coefficient (Wildman–Crippen LogP) is 8.66. The van der Waals surface area contributed by atoms with Gasteiger partial charge in [0.05, 0.1) is 9.75 Å². The summed E-state index contributed by atoms with van der Waals surface area (Å²) in [6.45, 7) is 0. The molecule has 0 radical (unpaired) electrons. The molecule has 0 aromatic carbocycles. The van der Waals surface area contributed by atoms with Gasteiger partial charge in [0.15, 0.2) is 0 Å². The molecule has 25 heavy (non-hydrogen) atoms. The van der Waals surface area contributed by atoms with E-state index in [1.807, 2.05) is 56.7 Å². The summed E-state index contributed by atoms with van der Waals surface area (Å²) in [4.78, 5) is 8.20. The zero-order valence-corrected chi connectivity index (χ0v) is 17.1. The van der Waals surface area contributed by atoms with Crippen molar-refractivity contribution >= 4 is 56.7 Å². The molecule has 0 aliphatic heterocycles. The Hall–Kier alpha value is -1.50. The van der Waals surface area contributed by atoms with Crippen LogP contribution >= 0.6 is 56.7 Å². The Labute approximate surface area is 166 Å². The molecule has 0 fully saturated rings.